The molecule has 114 valence electrons. The first-order chi connectivity index (χ1) is 9.63. The summed E-state index contributed by atoms with van der Waals surface area (Å²) in [4.78, 5) is 27.1. The highest BCUT2D eigenvalue weighted by Crippen LogP contribution is 2.25. The van der Waals surface area contributed by atoms with Crippen LogP contribution < -0.4 is 0 Å². The van der Waals surface area contributed by atoms with Crippen LogP contribution >= 0.6 is 0 Å². The Morgan fingerprint density at radius 3 is 2.65 bits per heavy atom. The number of carboxylic acids is 1. The molecule has 1 heterocycles. The third-order valence-corrected chi connectivity index (χ3v) is 4.26. The van der Waals surface area contributed by atoms with Crippen molar-refractivity contribution in [1.29, 1.82) is 0 Å². The monoisotopic (exact) mass is 284 g/mol. The van der Waals surface area contributed by atoms with Crippen molar-refractivity contribution in [3.63, 3.8) is 0 Å². The van der Waals surface area contributed by atoms with Gasteiger partial charge in [0.15, 0.2) is 0 Å². The maximum atomic E-state index is 12.7. The molecule has 6 heteroatoms. The van der Waals surface area contributed by atoms with Crippen LogP contribution in [-0.2, 0) is 9.53 Å². The maximum Gasteiger partial charge on any atom is 0.323 e. The first-order valence-corrected chi connectivity index (χ1v) is 7.50. The van der Waals surface area contributed by atoms with E-state index in [4.69, 9.17) is 9.84 Å². The van der Waals surface area contributed by atoms with E-state index >= 15 is 0 Å². The molecule has 0 aromatic carbocycles. The highest BCUT2D eigenvalue weighted by molar-refractivity contribution is 5.80. The van der Waals surface area contributed by atoms with Gasteiger partial charge in [0.2, 0.25) is 0 Å². The molecule has 0 radical (unpaired) electrons. The van der Waals surface area contributed by atoms with Crippen molar-refractivity contribution in [2.45, 2.75) is 51.1 Å². The fourth-order valence-electron chi connectivity index (χ4n) is 3.12. The van der Waals surface area contributed by atoms with Crippen LogP contribution in [0.1, 0.15) is 39.0 Å². The largest absolute Gasteiger partial charge is 0.480 e. The van der Waals surface area contributed by atoms with Crippen LogP contribution in [0.3, 0.4) is 0 Å². The van der Waals surface area contributed by atoms with Gasteiger partial charge in [0.25, 0.3) is 0 Å². The summed E-state index contributed by atoms with van der Waals surface area (Å²) in [7, 11) is 0. The van der Waals surface area contributed by atoms with Crippen molar-refractivity contribution in [2.24, 2.45) is 0 Å². The number of carbonyl (C=O) groups is 2. The zero-order valence-corrected chi connectivity index (χ0v) is 12.1. The lowest BCUT2D eigenvalue weighted by atomic mass is 10.1. The predicted octanol–water partition coefficient (Wildman–Crippen LogP) is 1.55. The summed E-state index contributed by atoms with van der Waals surface area (Å²) in [5, 5.41) is 9.08. The van der Waals surface area contributed by atoms with Gasteiger partial charge < -0.3 is 19.6 Å². The number of morpholine rings is 1. The molecule has 1 saturated heterocycles. The Labute approximate surface area is 119 Å². The second kappa shape index (κ2) is 6.92. The number of hydrogen-bond acceptors (Lipinski definition) is 3. The number of carbonyl (C=O) groups excluding carboxylic acids is 1. The van der Waals surface area contributed by atoms with Crippen molar-refractivity contribution in [3.05, 3.63) is 0 Å². The molecule has 0 aromatic rings. The third kappa shape index (κ3) is 3.42. The lowest BCUT2D eigenvalue weighted by molar-refractivity contribution is -0.138. The molecular formula is C14H24N2O4. The maximum absolute atomic E-state index is 12.7. The molecule has 0 bridgehead atoms. The molecule has 1 unspecified atom stereocenters. The van der Waals surface area contributed by atoms with Gasteiger partial charge in [-0.3, -0.25) is 4.79 Å². The molecule has 1 aliphatic heterocycles. The van der Waals surface area contributed by atoms with Crippen LogP contribution in [0.2, 0.25) is 0 Å². The van der Waals surface area contributed by atoms with Gasteiger partial charge in [0, 0.05) is 12.6 Å². The topological polar surface area (TPSA) is 70.1 Å². The van der Waals surface area contributed by atoms with Crippen LogP contribution in [0.4, 0.5) is 4.79 Å². The number of nitrogens with zero attached hydrogens (tertiary/aromatic N) is 2. The number of carboxylic acid groups (broad SMARTS) is 1. The zero-order chi connectivity index (χ0) is 14.5. The van der Waals surface area contributed by atoms with Crippen LogP contribution in [-0.4, -0.2) is 65.3 Å². The van der Waals surface area contributed by atoms with E-state index in [2.05, 4.69) is 0 Å². The molecule has 1 aliphatic carbocycles. The second-order valence-electron chi connectivity index (χ2n) is 5.57. The smallest absolute Gasteiger partial charge is 0.323 e. The molecule has 20 heavy (non-hydrogen) atoms. The van der Waals surface area contributed by atoms with E-state index in [9.17, 15) is 9.59 Å². The molecule has 0 aromatic heterocycles. The van der Waals surface area contributed by atoms with Crippen molar-refractivity contribution in [1.82, 2.24) is 9.80 Å². The van der Waals surface area contributed by atoms with Crippen molar-refractivity contribution in [3.8, 4) is 0 Å². The highest BCUT2D eigenvalue weighted by Gasteiger charge is 2.34. The SMILES string of the molecule is CCC1COCCN1C(=O)N(CC(=O)O)C1CCCC1. The van der Waals surface area contributed by atoms with Gasteiger partial charge in [-0.25, -0.2) is 4.79 Å². The van der Waals surface area contributed by atoms with Crippen molar-refractivity contribution >= 4 is 12.0 Å². The molecule has 1 atom stereocenters. The first kappa shape index (κ1) is 15.1. The summed E-state index contributed by atoms with van der Waals surface area (Å²) < 4.78 is 5.41. The van der Waals surface area contributed by atoms with Crippen LogP contribution in [0.25, 0.3) is 0 Å². The highest BCUT2D eigenvalue weighted by atomic mass is 16.5. The number of amides is 2. The summed E-state index contributed by atoms with van der Waals surface area (Å²) in [6.07, 6.45) is 4.82. The number of aliphatic carboxylic acids is 1. The van der Waals surface area contributed by atoms with Crippen LogP contribution in [0, 0.1) is 0 Å². The number of rotatable bonds is 4. The minimum atomic E-state index is -0.938. The van der Waals surface area contributed by atoms with Gasteiger partial charge >= 0.3 is 12.0 Å². The van der Waals surface area contributed by atoms with Crippen LogP contribution in [0.5, 0.6) is 0 Å². The molecule has 6 nitrogen and oxygen atoms in total. The fourth-order valence-corrected chi connectivity index (χ4v) is 3.12. The van der Waals surface area contributed by atoms with E-state index in [0.29, 0.717) is 19.8 Å². The van der Waals surface area contributed by atoms with Gasteiger partial charge in [-0.2, -0.15) is 0 Å². The number of ether oxygens (including phenoxy) is 1. The Morgan fingerprint density at radius 1 is 1.35 bits per heavy atom. The van der Waals surface area contributed by atoms with E-state index in [0.717, 1.165) is 32.1 Å². The average molecular weight is 284 g/mol. The molecule has 1 saturated carbocycles. The second-order valence-corrected chi connectivity index (χ2v) is 5.57. The Kier molecular flexibility index (Phi) is 5.23. The van der Waals surface area contributed by atoms with Crippen molar-refractivity contribution < 1.29 is 19.4 Å². The molecule has 2 aliphatic rings. The summed E-state index contributed by atoms with van der Waals surface area (Å²) in [6, 6.07) is 0.0161. The normalized spacial score (nSPS) is 23.9. The van der Waals surface area contributed by atoms with E-state index in [-0.39, 0.29) is 24.7 Å². The lowest BCUT2D eigenvalue weighted by Gasteiger charge is -2.40. The average Bonchev–Trinajstić information content (AvgIpc) is 2.97. The van der Waals surface area contributed by atoms with E-state index in [1.54, 1.807) is 9.80 Å². The Balaban J connectivity index is 2.09. The van der Waals surface area contributed by atoms with Gasteiger partial charge in [0.1, 0.15) is 6.54 Å². The summed E-state index contributed by atoms with van der Waals surface area (Å²) in [5.41, 5.74) is 0. The van der Waals surface area contributed by atoms with Gasteiger partial charge in [-0.15, -0.1) is 0 Å². The number of hydrogen-bond donors (Lipinski definition) is 1. The Morgan fingerprint density at radius 2 is 2.05 bits per heavy atom. The Bertz CT molecular complexity index is 355. The quantitative estimate of drug-likeness (QED) is 0.850. The zero-order valence-electron chi connectivity index (χ0n) is 12.1. The Hall–Kier alpha value is -1.30. The minimum Gasteiger partial charge on any atom is -0.480 e. The van der Waals surface area contributed by atoms with E-state index in [1.165, 1.54) is 0 Å². The van der Waals surface area contributed by atoms with Crippen molar-refractivity contribution in [2.75, 3.05) is 26.3 Å². The molecule has 2 fully saturated rings. The van der Waals surface area contributed by atoms with Gasteiger partial charge in [-0.05, 0) is 19.3 Å². The van der Waals surface area contributed by atoms with Crippen LogP contribution in [0.15, 0.2) is 0 Å². The van der Waals surface area contributed by atoms with Gasteiger partial charge in [-0.1, -0.05) is 19.8 Å². The molecule has 2 rings (SSSR count). The standard InChI is InChI=1S/C14H24N2O4/c1-2-11-10-20-8-7-15(11)14(19)16(9-13(17)18)12-5-3-4-6-12/h11-12H,2-10H2,1H3,(H,17,18). The fraction of sp³-hybridized carbons (Fsp3) is 0.857. The molecule has 0 spiro atoms. The third-order valence-electron chi connectivity index (χ3n) is 4.26. The van der Waals surface area contributed by atoms with Gasteiger partial charge in [0.05, 0.1) is 19.3 Å². The predicted molar refractivity (Wildman–Crippen MR) is 73.6 cm³/mol. The summed E-state index contributed by atoms with van der Waals surface area (Å²) in [6.45, 7) is 3.47. The van der Waals surface area contributed by atoms with E-state index in [1.807, 2.05) is 6.92 Å². The molecule has 1 N–H and O–H groups in total. The minimum absolute atomic E-state index is 0.0638. The molecular weight excluding hydrogens is 260 g/mol. The summed E-state index contributed by atoms with van der Waals surface area (Å²) in [5.74, 6) is -0.938. The van der Waals surface area contributed by atoms with E-state index < -0.39 is 5.97 Å². The first-order valence-electron chi connectivity index (χ1n) is 7.50. The summed E-state index contributed by atoms with van der Waals surface area (Å²) >= 11 is 0. The lowest BCUT2D eigenvalue weighted by Crippen LogP contribution is -2.56. The number of urea groups is 1. The molecule has 2 amide bonds.